The summed E-state index contributed by atoms with van der Waals surface area (Å²) in [5.41, 5.74) is 2.96. The second kappa shape index (κ2) is 6.34. The van der Waals surface area contributed by atoms with E-state index in [1.807, 2.05) is 61.5 Å². The summed E-state index contributed by atoms with van der Waals surface area (Å²) in [5.74, 6) is -0.143. The van der Waals surface area contributed by atoms with Gasteiger partial charge in [-0.15, -0.1) is 0 Å². The largest absolute Gasteiger partial charge is 0.321 e. The molecule has 0 atom stereocenters. The van der Waals surface area contributed by atoms with Crippen LogP contribution >= 0.6 is 15.9 Å². The lowest BCUT2D eigenvalue weighted by Gasteiger charge is -2.04. The van der Waals surface area contributed by atoms with Gasteiger partial charge in [0.2, 0.25) is 5.91 Å². The standard InChI is InChI=1S/C16H14BrNO/c1-12-6-2-3-7-13(12)10-11-16(19)18-15-9-5-4-8-14(15)17/h2-11H,1H3,(H,18,19)/b11-10+. The van der Waals surface area contributed by atoms with Crippen molar-refractivity contribution < 1.29 is 4.79 Å². The lowest BCUT2D eigenvalue weighted by molar-refractivity contribution is -0.111. The minimum atomic E-state index is -0.143. The third-order valence-electron chi connectivity index (χ3n) is 2.73. The van der Waals surface area contributed by atoms with Crippen molar-refractivity contribution >= 4 is 33.6 Å². The second-order valence-electron chi connectivity index (χ2n) is 4.16. The fraction of sp³-hybridized carbons (Fsp3) is 0.0625. The molecule has 0 bridgehead atoms. The van der Waals surface area contributed by atoms with E-state index in [2.05, 4.69) is 21.2 Å². The molecular formula is C16H14BrNO. The topological polar surface area (TPSA) is 29.1 Å². The zero-order valence-corrected chi connectivity index (χ0v) is 12.1. The Labute approximate surface area is 121 Å². The fourth-order valence-electron chi connectivity index (χ4n) is 1.68. The third-order valence-corrected chi connectivity index (χ3v) is 3.43. The first-order valence-corrected chi connectivity index (χ1v) is 6.75. The number of hydrogen-bond acceptors (Lipinski definition) is 1. The van der Waals surface area contributed by atoms with E-state index in [0.717, 1.165) is 21.3 Å². The fourth-order valence-corrected chi connectivity index (χ4v) is 2.06. The molecule has 3 heteroatoms. The van der Waals surface area contributed by atoms with Crippen molar-refractivity contribution in [1.82, 2.24) is 0 Å². The molecule has 0 aromatic heterocycles. The number of aryl methyl sites for hydroxylation is 1. The van der Waals surface area contributed by atoms with Crippen molar-refractivity contribution in [3.05, 3.63) is 70.2 Å². The van der Waals surface area contributed by atoms with Crippen LogP contribution in [0.2, 0.25) is 0 Å². The Kier molecular flexibility index (Phi) is 4.53. The average Bonchev–Trinajstić information content (AvgIpc) is 2.40. The van der Waals surface area contributed by atoms with E-state index in [1.54, 1.807) is 6.08 Å². The molecule has 96 valence electrons. The molecule has 2 aromatic rings. The van der Waals surface area contributed by atoms with Gasteiger partial charge in [-0.25, -0.2) is 0 Å². The van der Waals surface area contributed by atoms with E-state index in [-0.39, 0.29) is 5.91 Å². The van der Waals surface area contributed by atoms with Gasteiger partial charge in [0.1, 0.15) is 0 Å². The number of rotatable bonds is 3. The van der Waals surface area contributed by atoms with Crippen molar-refractivity contribution in [2.75, 3.05) is 5.32 Å². The third kappa shape index (κ3) is 3.80. The van der Waals surface area contributed by atoms with Gasteiger partial charge in [-0.1, -0.05) is 36.4 Å². The minimum absolute atomic E-state index is 0.143. The summed E-state index contributed by atoms with van der Waals surface area (Å²) < 4.78 is 0.868. The van der Waals surface area contributed by atoms with Crippen LogP contribution in [0.5, 0.6) is 0 Å². The zero-order valence-electron chi connectivity index (χ0n) is 10.6. The normalized spacial score (nSPS) is 10.6. The van der Waals surface area contributed by atoms with Crippen molar-refractivity contribution in [2.24, 2.45) is 0 Å². The predicted molar refractivity (Wildman–Crippen MR) is 83.0 cm³/mol. The van der Waals surface area contributed by atoms with Crippen LogP contribution in [0.25, 0.3) is 6.08 Å². The van der Waals surface area contributed by atoms with Crippen LogP contribution in [-0.2, 0) is 4.79 Å². The van der Waals surface area contributed by atoms with E-state index in [9.17, 15) is 4.79 Å². The highest BCUT2D eigenvalue weighted by Crippen LogP contribution is 2.21. The molecule has 19 heavy (non-hydrogen) atoms. The Morgan fingerprint density at radius 3 is 2.53 bits per heavy atom. The highest BCUT2D eigenvalue weighted by molar-refractivity contribution is 9.10. The molecule has 2 aromatic carbocycles. The number of nitrogens with one attached hydrogen (secondary N) is 1. The summed E-state index contributed by atoms with van der Waals surface area (Å²) in [7, 11) is 0. The SMILES string of the molecule is Cc1ccccc1/C=C/C(=O)Nc1ccccc1Br. The molecule has 0 aliphatic rings. The summed E-state index contributed by atoms with van der Waals surface area (Å²) in [5, 5.41) is 2.83. The molecule has 1 N–H and O–H groups in total. The molecule has 0 radical (unpaired) electrons. The quantitative estimate of drug-likeness (QED) is 0.835. The zero-order chi connectivity index (χ0) is 13.7. The molecule has 0 saturated carbocycles. The molecule has 0 saturated heterocycles. The molecule has 0 spiro atoms. The lowest BCUT2D eigenvalue weighted by Crippen LogP contribution is -2.08. The van der Waals surface area contributed by atoms with Gasteiger partial charge in [0.25, 0.3) is 0 Å². The van der Waals surface area contributed by atoms with Gasteiger partial charge in [0.15, 0.2) is 0 Å². The number of halogens is 1. The molecule has 0 aliphatic carbocycles. The molecule has 2 nitrogen and oxygen atoms in total. The van der Waals surface area contributed by atoms with Gasteiger partial charge in [-0.3, -0.25) is 4.79 Å². The monoisotopic (exact) mass is 315 g/mol. The molecule has 0 heterocycles. The number of para-hydroxylation sites is 1. The van der Waals surface area contributed by atoms with E-state index < -0.39 is 0 Å². The summed E-state index contributed by atoms with van der Waals surface area (Å²) in [6, 6.07) is 15.5. The summed E-state index contributed by atoms with van der Waals surface area (Å²) in [6.07, 6.45) is 3.36. The first-order valence-electron chi connectivity index (χ1n) is 5.96. The van der Waals surface area contributed by atoms with Crippen LogP contribution in [-0.4, -0.2) is 5.91 Å². The number of carbonyl (C=O) groups is 1. The van der Waals surface area contributed by atoms with E-state index in [0.29, 0.717) is 0 Å². The first-order chi connectivity index (χ1) is 9.16. The first kappa shape index (κ1) is 13.6. The maximum absolute atomic E-state index is 11.8. The van der Waals surface area contributed by atoms with Gasteiger partial charge in [-0.05, 0) is 52.2 Å². The average molecular weight is 316 g/mol. The molecule has 0 fully saturated rings. The Morgan fingerprint density at radius 2 is 1.79 bits per heavy atom. The maximum Gasteiger partial charge on any atom is 0.248 e. The number of anilines is 1. The molecule has 2 rings (SSSR count). The molecule has 0 aliphatic heterocycles. The van der Waals surface area contributed by atoms with Crippen molar-refractivity contribution in [3.8, 4) is 0 Å². The minimum Gasteiger partial charge on any atom is -0.321 e. The molecule has 1 amide bonds. The summed E-state index contributed by atoms with van der Waals surface area (Å²) >= 11 is 3.39. The number of hydrogen-bond donors (Lipinski definition) is 1. The smallest absolute Gasteiger partial charge is 0.248 e. The maximum atomic E-state index is 11.8. The highest BCUT2D eigenvalue weighted by Gasteiger charge is 2.01. The van der Waals surface area contributed by atoms with Crippen LogP contribution in [0.15, 0.2) is 59.1 Å². The van der Waals surface area contributed by atoms with Gasteiger partial charge >= 0.3 is 0 Å². The van der Waals surface area contributed by atoms with Crippen molar-refractivity contribution in [1.29, 1.82) is 0 Å². The van der Waals surface area contributed by atoms with Crippen LogP contribution in [0.3, 0.4) is 0 Å². The number of carbonyl (C=O) groups excluding carboxylic acids is 1. The number of benzene rings is 2. The predicted octanol–water partition coefficient (Wildman–Crippen LogP) is 4.41. The number of amides is 1. The Balaban J connectivity index is 2.06. The van der Waals surface area contributed by atoms with Crippen LogP contribution in [0.1, 0.15) is 11.1 Å². The Bertz CT molecular complexity index is 620. The summed E-state index contributed by atoms with van der Waals surface area (Å²) in [4.78, 5) is 11.8. The summed E-state index contributed by atoms with van der Waals surface area (Å²) in [6.45, 7) is 2.02. The van der Waals surface area contributed by atoms with Gasteiger partial charge < -0.3 is 5.32 Å². The van der Waals surface area contributed by atoms with Gasteiger partial charge in [0.05, 0.1) is 5.69 Å². The molecular weight excluding hydrogens is 302 g/mol. The van der Waals surface area contributed by atoms with Gasteiger partial charge in [-0.2, -0.15) is 0 Å². The Hall–Kier alpha value is -1.87. The van der Waals surface area contributed by atoms with E-state index in [4.69, 9.17) is 0 Å². The van der Waals surface area contributed by atoms with Crippen molar-refractivity contribution in [3.63, 3.8) is 0 Å². The van der Waals surface area contributed by atoms with Crippen LogP contribution in [0, 0.1) is 6.92 Å². The lowest BCUT2D eigenvalue weighted by atomic mass is 10.1. The Morgan fingerprint density at radius 1 is 1.11 bits per heavy atom. The van der Waals surface area contributed by atoms with Crippen LogP contribution in [0.4, 0.5) is 5.69 Å². The van der Waals surface area contributed by atoms with Crippen molar-refractivity contribution in [2.45, 2.75) is 6.92 Å². The second-order valence-corrected chi connectivity index (χ2v) is 5.01. The van der Waals surface area contributed by atoms with Gasteiger partial charge in [0, 0.05) is 10.5 Å². The van der Waals surface area contributed by atoms with Crippen LogP contribution < -0.4 is 5.32 Å². The van der Waals surface area contributed by atoms with E-state index >= 15 is 0 Å². The molecule has 0 unspecified atom stereocenters. The highest BCUT2D eigenvalue weighted by atomic mass is 79.9. The van der Waals surface area contributed by atoms with E-state index in [1.165, 1.54) is 0 Å².